The molecule has 0 spiro atoms. The minimum atomic E-state index is -1.33. The van der Waals surface area contributed by atoms with E-state index in [-0.39, 0.29) is 5.75 Å². The van der Waals surface area contributed by atoms with Gasteiger partial charge in [0.15, 0.2) is 5.82 Å². The van der Waals surface area contributed by atoms with E-state index in [1.165, 1.54) is 4.80 Å². The zero-order valence-electron chi connectivity index (χ0n) is 10.7. The van der Waals surface area contributed by atoms with Crippen molar-refractivity contribution in [2.45, 2.75) is 17.6 Å². The number of aryl methyl sites for hydroxylation is 1. The highest BCUT2D eigenvalue weighted by Gasteiger charge is 2.13. The standard InChI is InChI=1S/C11H15N5O2S/c1-3-18-8-4-5-9(12)10(6-8)19(17)7-11-13-15-16(2)14-11/h4-6H,3,7,12H2,1-2H3. The van der Waals surface area contributed by atoms with Crippen LogP contribution in [0.2, 0.25) is 0 Å². The molecule has 1 aromatic carbocycles. The zero-order valence-corrected chi connectivity index (χ0v) is 11.6. The summed E-state index contributed by atoms with van der Waals surface area (Å²) >= 11 is 0. The van der Waals surface area contributed by atoms with Gasteiger partial charge < -0.3 is 10.5 Å². The average molecular weight is 281 g/mol. The first-order valence-corrected chi connectivity index (χ1v) is 7.05. The molecule has 0 fully saturated rings. The average Bonchev–Trinajstić information content (AvgIpc) is 2.77. The number of rotatable bonds is 5. The quantitative estimate of drug-likeness (QED) is 0.802. The maximum atomic E-state index is 12.3. The Balaban J connectivity index is 2.20. The van der Waals surface area contributed by atoms with Crippen LogP contribution in [-0.4, -0.2) is 31.0 Å². The summed E-state index contributed by atoms with van der Waals surface area (Å²) in [7, 11) is 0.326. The fourth-order valence-electron chi connectivity index (χ4n) is 1.54. The summed E-state index contributed by atoms with van der Waals surface area (Å²) in [6.45, 7) is 2.43. The van der Waals surface area contributed by atoms with E-state index in [1.54, 1.807) is 25.2 Å². The van der Waals surface area contributed by atoms with Crippen molar-refractivity contribution in [3.8, 4) is 5.75 Å². The fourth-order valence-corrected chi connectivity index (χ4v) is 2.63. The molecular formula is C11H15N5O2S. The van der Waals surface area contributed by atoms with Crippen molar-refractivity contribution in [2.24, 2.45) is 7.05 Å². The Kier molecular flexibility index (Phi) is 4.10. The van der Waals surface area contributed by atoms with Crippen molar-refractivity contribution < 1.29 is 8.95 Å². The second-order valence-electron chi connectivity index (χ2n) is 3.82. The van der Waals surface area contributed by atoms with Gasteiger partial charge in [0.25, 0.3) is 0 Å². The summed E-state index contributed by atoms with van der Waals surface area (Å²) in [5.41, 5.74) is 6.30. The number of ether oxygens (including phenoxy) is 1. The van der Waals surface area contributed by atoms with Gasteiger partial charge in [-0.25, -0.2) is 0 Å². The van der Waals surface area contributed by atoms with Gasteiger partial charge in [0, 0.05) is 5.69 Å². The van der Waals surface area contributed by atoms with Crippen molar-refractivity contribution in [1.82, 2.24) is 20.2 Å². The minimum Gasteiger partial charge on any atom is -0.494 e. The number of aromatic nitrogens is 4. The molecule has 0 aliphatic carbocycles. The molecule has 102 valence electrons. The number of tetrazole rings is 1. The number of nitrogens with two attached hydrogens (primary N) is 1. The lowest BCUT2D eigenvalue weighted by atomic mass is 10.3. The molecule has 0 aliphatic heterocycles. The maximum absolute atomic E-state index is 12.3. The molecule has 19 heavy (non-hydrogen) atoms. The molecule has 0 amide bonds. The van der Waals surface area contributed by atoms with Crippen molar-refractivity contribution in [1.29, 1.82) is 0 Å². The number of hydrogen-bond donors (Lipinski definition) is 1. The summed E-state index contributed by atoms with van der Waals surface area (Å²) in [6.07, 6.45) is 0. The largest absolute Gasteiger partial charge is 0.494 e. The van der Waals surface area contributed by atoms with Gasteiger partial charge in [-0.05, 0) is 30.3 Å². The highest BCUT2D eigenvalue weighted by atomic mass is 32.2. The normalized spacial score (nSPS) is 12.3. The molecular weight excluding hydrogens is 266 g/mol. The third-order valence-corrected chi connectivity index (χ3v) is 3.72. The van der Waals surface area contributed by atoms with Crippen LogP contribution in [0.3, 0.4) is 0 Å². The topological polar surface area (TPSA) is 95.9 Å². The lowest BCUT2D eigenvalue weighted by Crippen LogP contribution is -2.04. The van der Waals surface area contributed by atoms with Crippen LogP contribution in [0.1, 0.15) is 12.7 Å². The molecule has 1 atom stereocenters. The Morgan fingerprint density at radius 2 is 2.26 bits per heavy atom. The molecule has 2 aromatic rings. The number of benzene rings is 1. The van der Waals surface area contributed by atoms with E-state index < -0.39 is 10.8 Å². The fraction of sp³-hybridized carbons (Fsp3) is 0.364. The predicted octanol–water partition coefficient (Wildman–Crippen LogP) is 0.499. The van der Waals surface area contributed by atoms with E-state index in [0.717, 1.165) is 0 Å². The first kappa shape index (κ1) is 13.5. The second-order valence-corrected chi connectivity index (χ2v) is 5.24. The van der Waals surface area contributed by atoms with Crippen LogP contribution in [0.15, 0.2) is 23.1 Å². The van der Waals surface area contributed by atoms with E-state index in [0.29, 0.717) is 28.8 Å². The molecule has 0 saturated heterocycles. The van der Waals surface area contributed by atoms with Crippen LogP contribution in [0.25, 0.3) is 0 Å². The van der Waals surface area contributed by atoms with Gasteiger partial charge in [0.2, 0.25) is 0 Å². The Morgan fingerprint density at radius 3 is 2.89 bits per heavy atom. The lowest BCUT2D eigenvalue weighted by Gasteiger charge is -2.08. The van der Waals surface area contributed by atoms with Crippen LogP contribution in [0.5, 0.6) is 5.75 Å². The van der Waals surface area contributed by atoms with Gasteiger partial charge in [-0.15, -0.1) is 10.2 Å². The van der Waals surface area contributed by atoms with Crippen molar-refractivity contribution in [3.05, 3.63) is 24.0 Å². The van der Waals surface area contributed by atoms with E-state index in [4.69, 9.17) is 10.5 Å². The van der Waals surface area contributed by atoms with E-state index in [9.17, 15) is 4.21 Å². The Morgan fingerprint density at radius 1 is 1.47 bits per heavy atom. The molecule has 0 saturated carbocycles. The monoisotopic (exact) mass is 281 g/mol. The molecule has 1 aromatic heterocycles. The molecule has 0 aliphatic rings. The van der Waals surface area contributed by atoms with Crippen molar-refractivity contribution >= 4 is 16.5 Å². The van der Waals surface area contributed by atoms with Gasteiger partial charge in [0.05, 0.1) is 35.1 Å². The number of nitrogens with zero attached hydrogens (tertiary/aromatic N) is 4. The van der Waals surface area contributed by atoms with Crippen LogP contribution < -0.4 is 10.5 Å². The van der Waals surface area contributed by atoms with Crippen LogP contribution >= 0.6 is 0 Å². The molecule has 1 heterocycles. The molecule has 8 heteroatoms. The molecule has 0 bridgehead atoms. The smallest absolute Gasteiger partial charge is 0.187 e. The van der Waals surface area contributed by atoms with Gasteiger partial charge >= 0.3 is 0 Å². The molecule has 2 N–H and O–H groups in total. The number of nitrogen functional groups attached to an aromatic ring is 1. The van der Waals surface area contributed by atoms with Gasteiger partial charge in [-0.2, -0.15) is 4.80 Å². The Hall–Kier alpha value is -1.96. The van der Waals surface area contributed by atoms with Gasteiger partial charge in [-0.1, -0.05) is 0 Å². The predicted molar refractivity (Wildman–Crippen MR) is 70.9 cm³/mol. The zero-order chi connectivity index (χ0) is 13.8. The third-order valence-electron chi connectivity index (χ3n) is 2.35. The van der Waals surface area contributed by atoms with Gasteiger partial charge in [0.1, 0.15) is 5.75 Å². The van der Waals surface area contributed by atoms with Crippen molar-refractivity contribution in [2.75, 3.05) is 12.3 Å². The third kappa shape index (κ3) is 3.28. The lowest BCUT2D eigenvalue weighted by molar-refractivity contribution is 0.339. The highest BCUT2D eigenvalue weighted by Crippen LogP contribution is 2.24. The maximum Gasteiger partial charge on any atom is 0.187 e. The van der Waals surface area contributed by atoms with Gasteiger partial charge in [-0.3, -0.25) is 4.21 Å². The first-order valence-electron chi connectivity index (χ1n) is 5.73. The summed E-state index contributed by atoms with van der Waals surface area (Å²) < 4.78 is 17.6. The number of anilines is 1. The van der Waals surface area contributed by atoms with E-state index in [1.807, 2.05) is 6.92 Å². The number of hydrogen-bond acceptors (Lipinski definition) is 6. The van der Waals surface area contributed by atoms with Crippen LogP contribution in [0, 0.1) is 0 Å². The highest BCUT2D eigenvalue weighted by molar-refractivity contribution is 7.84. The summed E-state index contributed by atoms with van der Waals surface area (Å²) in [4.78, 5) is 1.85. The minimum absolute atomic E-state index is 0.174. The summed E-state index contributed by atoms with van der Waals surface area (Å²) in [5, 5.41) is 11.5. The van der Waals surface area contributed by atoms with E-state index in [2.05, 4.69) is 15.4 Å². The van der Waals surface area contributed by atoms with Crippen LogP contribution in [-0.2, 0) is 23.6 Å². The summed E-state index contributed by atoms with van der Waals surface area (Å²) in [6, 6.07) is 5.12. The first-order chi connectivity index (χ1) is 9.10. The molecule has 7 nitrogen and oxygen atoms in total. The summed E-state index contributed by atoms with van der Waals surface area (Å²) in [5.74, 6) is 1.24. The van der Waals surface area contributed by atoms with Crippen molar-refractivity contribution in [3.63, 3.8) is 0 Å². The van der Waals surface area contributed by atoms with E-state index >= 15 is 0 Å². The SMILES string of the molecule is CCOc1ccc(N)c(S(=O)Cc2nnn(C)n2)c1. The molecule has 1 unspecified atom stereocenters. The van der Waals surface area contributed by atoms with Crippen LogP contribution in [0.4, 0.5) is 5.69 Å². The Bertz CT molecular complexity index is 599. The molecule has 0 radical (unpaired) electrons. The molecule has 2 rings (SSSR count). The second kappa shape index (κ2) is 5.79. The Labute approximate surface area is 113 Å².